The largest absolute Gasteiger partial charge is 0.515 e. The van der Waals surface area contributed by atoms with Crippen LogP contribution in [0, 0.1) is 0 Å². The Labute approximate surface area is 72.8 Å². The van der Waals surface area contributed by atoms with Gasteiger partial charge in [-0.2, -0.15) is 0 Å². The molecule has 0 aromatic carbocycles. The highest BCUT2D eigenvalue weighted by atomic mass is 19.4. The van der Waals surface area contributed by atoms with Gasteiger partial charge in [0.25, 0.3) is 0 Å². The molecule has 0 atom stereocenters. The van der Waals surface area contributed by atoms with Crippen molar-refractivity contribution in [2.75, 3.05) is 12.8 Å². The first-order chi connectivity index (χ1) is 5.96. The summed E-state index contributed by atoms with van der Waals surface area (Å²) in [7, 11) is 1.14. The third-order valence-electron chi connectivity index (χ3n) is 1.53. The maximum absolute atomic E-state index is 12.4. The molecular formula is C6H7BF3N2O-. The number of nitrogen functional groups attached to an aromatic ring is 1. The summed E-state index contributed by atoms with van der Waals surface area (Å²) < 4.78 is 41.6. The van der Waals surface area contributed by atoms with Crippen LogP contribution in [0.3, 0.4) is 0 Å². The number of hydrogen-bond donors (Lipinski definition) is 1. The van der Waals surface area contributed by atoms with Gasteiger partial charge in [-0.15, -0.1) is 0 Å². The monoisotopic (exact) mass is 191 g/mol. The molecule has 1 aromatic heterocycles. The minimum atomic E-state index is -5.15. The molecule has 3 nitrogen and oxygen atoms in total. The smallest absolute Gasteiger partial charge is 0.498 e. The van der Waals surface area contributed by atoms with Crippen LogP contribution in [-0.4, -0.2) is 19.1 Å². The lowest BCUT2D eigenvalue weighted by molar-refractivity contribution is 0.411. The molecule has 0 saturated heterocycles. The Bertz CT molecular complexity index is 315. The maximum atomic E-state index is 12.4. The predicted octanol–water partition coefficient (Wildman–Crippen LogP) is 0.727. The van der Waals surface area contributed by atoms with Crippen molar-refractivity contribution < 1.29 is 17.7 Å². The molecule has 0 radical (unpaired) electrons. The van der Waals surface area contributed by atoms with Crippen LogP contribution in [0.15, 0.2) is 12.4 Å². The fourth-order valence-corrected chi connectivity index (χ4v) is 0.980. The average Bonchev–Trinajstić information content (AvgIpc) is 2.01. The molecule has 1 rings (SSSR count). The van der Waals surface area contributed by atoms with E-state index in [4.69, 9.17) is 5.73 Å². The number of anilines is 1. The molecule has 0 aliphatic heterocycles. The number of halogens is 3. The predicted molar refractivity (Wildman–Crippen MR) is 43.9 cm³/mol. The molecule has 0 aliphatic rings. The summed E-state index contributed by atoms with van der Waals surface area (Å²) in [6, 6.07) is 0. The van der Waals surface area contributed by atoms with E-state index in [0.717, 1.165) is 19.5 Å². The highest BCUT2D eigenvalue weighted by Gasteiger charge is 2.31. The van der Waals surface area contributed by atoms with Gasteiger partial charge >= 0.3 is 6.98 Å². The first kappa shape index (κ1) is 9.69. The summed E-state index contributed by atoms with van der Waals surface area (Å²) >= 11 is 0. The summed E-state index contributed by atoms with van der Waals surface area (Å²) in [6.07, 6.45) is 1.94. The van der Waals surface area contributed by atoms with Crippen LogP contribution in [0.4, 0.5) is 18.6 Å². The third kappa shape index (κ3) is 1.85. The number of nitrogens with zero attached hydrogens (tertiary/aromatic N) is 1. The molecule has 0 fully saturated rings. The van der Waals surface area contributed by atoms with Crippen molar-refractivity contribution in [3.05, 3.63) is 12.4 Å². The van der Waals surface area contributed by atoms with Gasteiger partial charge in [-0.3, -0.25) is 4.98 Å². The van der Waals surface area contributed by atoms with E-state index in [2.05, 4.69) is 9.72 Å². The Balaban J connectivity index is 3.32. The summed E-state index contributed by atoms with van der Waals surface area (Å²) in [5.74, 6) is -0.340. The van der Waals surface area contributed by atoms with Crippen molar-refractivity contribution >= 4 is 18.1 Å². The van der Waals surface area contributed by atoms with Crippen molar-refractivity contribution in [2.24, 2.45) is 0 Å². The summed E-state index contributed by atoms with van der Waals surface area (Å²) in [6.45, 7) is -5.15. The van der Waals surface area contributed by atoms with Crippen LogP contribution in [0.5, 0.6) is 5.75 Å². The van der Waals surface area contributed by atoms with E-state index in [1.54, 1.807) is 0 Å². The van der Waals surface area contributed by atoms with E-state index in [0.29, 0.717) is 0 Å². The van der Waals surface area contributed by atoms with Gasteiger partial charge in [0.2, 0.25) is 0 Å². The van der Waals surface area contributed by atoms with Crippen LogP contribution in [0.1, 0.15) is 0 Å². The zero-order valence-electron chi connectivity index (χ0n) is 6.80. The molecule has 0 bridgehead atoms. The van der Waals surface area contributed by atoms with Gasteiger partial charge in [0.1, 0.15) is 5.75 Å². The summed E-state index contributed by atoms with van der Waals surface area (Å²) in [4.78, 5) is 3.49. The van der Waals surface area contributed by atoms with Crippen LogP contribution in [0.2, 0.25) is 0 Å². The quantitative estimate of drug-likeness (QED) is 0.700. The van der Waals surface area contributed by atoms with E-state index in [1.807, 2.05) is 0 Å². The number of nitrogens with two attached hydrogens (primary N) is 1. The van der Waals surface area contributed by atoms with E-state index >= 15 is 0 Å². The number of hydrogen-bond acceptors (Lipinski definition) is 3. The zero-order chi connectivity index (χ0) is 10.1. The molecule has 0 amide bonds. The van der Waals surface area contributed by atoms with Gasteiger partial charge < -0.3 is 23.4 Å². The summed E-state index contributed by atoms with van der Waals surface area (Å²) in [5, 5.41) is 0. The van der Waals surface area contributed by atoms with E-state index in [-0.39, 0.29) is 5.75 Å². The highest BCUT2D eigenvalue weighted by Crippen LogP contribution is 2.19. The molecule has 0 unspecified atom stereocenters. The molecule has 72 valence electrons. The van der Waals surface area contributed by atoms with Crippen LogP contribution in [0.25, 0.3) is 0 Å². The Morgan fingerprint density at radius 3 is 2.38 bits per heavy atom. The van der Waals surface area contributed by atoms with Gasteiger partial charge in [0.15, 0.2) is 0 Å². The van der Waals surface area contributed by atoms with Gasteiger partial charge in [0, 0.05) is 11.9 Å². The fraction of sp³-hybridized carbons (Fsp3) is 0.167. The van der Waals surface area contributed by atoms with E-state index in [9.17, 15) is 12.9 Å². The van der Waals surface area contributed by atoms with Crippen molar-refractivity contribution in [1.29, 1.82) is 0 Å². The Morgan fingerprint density at radius 1 is 1.38 bits per heavy atom. The molecule has 13 heavy (non-hydrogen) atoms. The fourth-order valence-electron chi connectivity index (χ4n) is 0.980. The highest BCUT2D eigenvalue weighted by molar-refractivity contribution is 6.75. The van der Waals surface area contributed by atoms with E-state index in [1.165, 1.54) is 0 Å². The van der Waals surface area contributed by atoms with Crippen LogP contribution < -0.4 is 15.9 Å². The van der Waals surface area contributed by atoms with Crippen LogP contribution >= 0.6 is 0 Å². The minimum Gasteiger partial charge on any atom is -0.498 e. The first-order valence-corrected chi connectivity index (χ1v) is 3.44. The van der Waals surface area contributed by atoms with Crippen molar-refractivity contribution in [2.45, 2.75) is 0 Å². The van der Waals surface area contributed by atoms with Crippen molar-refractivity contribution in [3.8, 4) is 5.75 Å². The Morgan fingerprint density at radius 2 is 2.00 bits per heavy atom. The topological polar surface area (TPSA) is 48.1 Å². The lowest BCUT2D eigenvalue weighted by atomic mass is 9.79. The molecule has 7 heteroatoms. The third-order valence-corrected chi connectivity index (χ3v) is 1.53. The lowest BCUT2D eigenvalue weighted by Gasteiger charge is -2.19. The van der Waals surface area contributed by atoms with Gasteiger partial charge in [-0.05, 0) is 5.46 Å². The number of aromatic nitrogens is 1. The molecule has 2 N–H and O–H groups in total. The van der Waals surface area contributed by atoms with Crippen molar-refractivity contribution in [3.63, 3.8) is 0 Å². The molecule has 0 aliphatic carbocycles. The van der Waals surface area contributed by atoms with Crippen LogP contribution in [-0.2, 0) is 0 Å². The zero-order valence-corrected chi connectivity index (χ0v) is 6.80. The number of ether oxygens (including phenoxy) is 1. The number of pyridine rings is 1. The van der Waals surface area contributed by atoms with E-state index < -0.39 is 18.1 Å². The molecule has 1 heterocycles. The molecular weight excluding hydrogens is 184 g/mol. The second-order valence-electron chi connectivity index (χ2n) is 2.42. The van der Waals surface area contributed by atoms with Gasteiger partial charge in [0.05, 0.1) is 13.3 Å². The maximum Gasteiger partial charge on any atom is 0.515 e. The molecule has 0 saturated carbocycles. The Kier molecular flexibility index (Phi) is 2.35. The SMILES string of the molecule is COc1cncc(N)c1[B-](F)(F)F. The first-order valence-electron chi connectivity index (χ1n) is 3.44. The Hall–Kier alpha value is -1.40. The number of methoxy groups -OCH3 is 1. The number of rotatable bonds is 2. The normalized spacial score (nSPS) is 11.4. The minimum absolute atomic E-state index is 0.340. The van der Waals surface area contributed by atoms with Crippen molar-refractivity contribution in [1.82, 2.24) is 4.98 Å². The molecule has 0 spiro atoms. The second-order valence-corrected chi connectivity index (χ2v) is 2.42. The molecule has 1 aromatic rings. The second kappa shape index (κ2) is 3.16. The lowest BCUT2D eigenvalue weighted by Crippen LogP contribution is -2.37. The van der Waals surface area contributed by atoms with Gasteiger partial charge in [-0.25, -0.2) is 0 Å². The van der Waals surface area contributed by atoms with Gasteiger partial charge in [-0.1, -0.05) is 0 Å². The summed E-state index contributed by atoms with van der Waals surface area (Å²) in [5.41, 5.74) is 3.81. The standard InChI is InChI=1S/C6H7BF3N2O/c1-13-5-3-12-2-4(11)6(5)7(8,9)10/h2-3H,11H2,1H3/q-1. The average molecular weight is 191 g/mol.